The van der Waals surface area contributed by atoms with E-state index in [1.807, 2.05) is 36.5 Å². The summed E-state index contributed by atoms with van der Waals surface area (Å²) in [5, 5.41) is 4.55. The van der Waals surface area contributed by atoms with Crippen LogP contribution in [0.1, 0.15) is 15.9 Å². The van der Waals surface area contributed by atoms with Crippen LogP contribution >= 0.6 is 11.6 Å². The number of amides is 1. The van der Waals surface area contributed by atoms with Gasteiger partial charge in [0.05, 0.1) is 17.4 Å². The zero-order chi connectivity index (χ0) is 17.1. The first-order valence-corrected chi connectivity index (χ1v) is 7.72. The number of nitrogens with zero attached hydrogens (tertiary/aromatic N) is 3. The van der Waals surface area contributed by atoms with Crippen LogP contribution in [0.25, 0.3) is 5.69 Å². The molecule has 1 heterocycles. The molecule has 3 rings (SSSR count). The van der Waals surface area contributed by atoms with Gasteiger partial charge in [-0.25, -0.2) is 9.07 Å². The van der Waals surface area contributed by atoms with Crippen LogP contribution in [0.3, 0.4) is 0 Å². The second-order valence-electron chi connectivity index (χ2n) is 5.41. The van der Waals surface area contributed by atoms with Gasteiger partial charge in [0.25, 0.3) is 5.91 Å². The molecule has 0 saturated carbocycles. The fourth-order valence-electron chi connectivity index (χ4n) is 2.38. The highest BCUT2D eigenvalue weighted by Gasteiger charge is 2.17. The molecule has 6 heteroatoms. The Bertz CT molecular complexity index is 864. The summed E-state index contributed by atoms with van der Waals surface area (Å²) in [6.07, 6.45) is 3.53. The van der Waals surface area contributed by atoms with E-state index in [-0.39, 0.29) is 10.6 Å². The molecule has 0 fully saturated rings. The molecule has 0 atom stereocenters. The average molecular weight is 344 g/mol. The molecule has 0 aliphatic carbocycles. The number of hydrogen-bond donors (Lipinski definition) is 0. The number of hydrogen-bond acceptors (Lipinski definition) is 2. The van der Waals surface area contributed by atoms with Crippen LogP contribution in [0.5, 0.6) is 0 Å². The van der Waals surface area contributed by atoms with Crippen molar-refractivity contribution >= 4 is 17.5 Å². The maximum absolute atomic E-state index is 13.9. The molecular formula is C18H15ClFN3O. The Morgan fingerprint density at radius 3 is 2.71 bits per heavy atom. The van der Waals surface area contributed by atoms with Crippen molar-refractivity contribution in [3.8, 4) is 5.69 Å². The third-order valence-corrected chi connectivity index (χ3v) is 3.82. The number of halogens is 2. The van der Waals surface area contributed by atoms with Gasteiger partial charge < -0.3 is 4.90 Å². The molecule has 122 valence electrons. The van der Waals surface area contributed by atoms with E-state index < -0.39 is 11.7 Å². The lowest BCUT2D eigenvalue weighted by Crippen LogP contribution is -2.26. The van der Waals surface area contributed by atoms with Crippen molar-refractivity contribution in [2.45, 2.75) is 6.54 Å². The van der Waals surface area contributed by atoms with Gasteiger partial charge in [-0.3, -0.25) is 4.79 Å². The molecule has 0 N–H and O–H groups in total. The standard InChI is InChI=1S/C18H15ClFN3O/c1-22(18(24)16-8-7-14(19)9-17(16)20)11-13-10-21-23(12-13)15-5-3-2-4-6-15/h2-10,12H,11H2,1H3. The normalized spacial score (nSPS) is 10.6. The monoisotopic (exact) mass is 343 g/mol. The molecular weight excluding hydrogens is 329 g/mol. The van der Waals surface area contributed by atoms with Crippen LogP contribution in [0.15, 0.2) is 60.9 Å². The quantitative estimate of drug-likeness (QED) is 0.719. The van der Waals surface area contributed by atoms with Gasteiger partial charge in [-0.2, -0.15) is 5.10 Å². The van der Waals surface area contributed by atoms with Crippen LogP contribution in [-0.4, -0.2) is 27.6 Å². The third-order valence-electron chi connectivity index (χ3n) is 3.58. The minimum atomic E-state index is -0.626. The Morgan fingerprint density at radius 1 is 1.25 bits per heavy atom. The van der Waals surface area contributed by atoms with E-state index >= 15 is 0 Å². The lowest BCUT2D eigenvalue weighted by Gasteiger charge is -2.16. The molecule has 1 amide bonds. The Hall–Kier alpha value is -2.66. The lowest BCUT2D eigenvalue weighted by atomic mass is 10.2. The predicted octanol–water partition coefficient (Wildman–Crippen LogP) is 3.94. The van der Waals surface area contributed by atoms with Crippen molar-refractivity contribution in [3.05, 3.63) is 82.9 Å². The molecule has 0 unspecified atom stereocenters. The molecule has 0 radical (unpaired) electrons. The summed E-state index contributed by atoms with van der Waals surface area (Å²) in [5.74, 6) is -1.03. The van der Waals surface area contributed by atoms with Gasteiger partial charge in [0, 0.05) is 30.4 Å². The van der Waals surface area contributed by atoms with Crippen molar-refractivity contribution < 1.29 is 9.18 Å². The lowest BCUT2D eigenvalue weighted by molar-refractivity contribution is 0.0780. The van der Waals surface area contributed by atoms with Crippen molar-refractivity contribution in [2.75, 3.05) is 7.05 Å². The SMILES string of the molecule is CN(Cc1cnn(-c2ccccc2)c1)C(=O)c1ccc(Cl)cc1F. The zero-order valence-electron chi connectivity index (χ0n) is 13.0. The average Bonchev–Trinajstić information content (AvgIpc) is 3.03. The summed E-state index contributed by atoms with van der Waals surface area (Å²) in [6.45, 7) is 0.327. The number of benzene rings is 2. The largest absolute Gasteiger partial charge is 0.337 e. The number of carbonyl (C=O) groups excluding carboxylic acids is 1. The predicted molar refractivity (Wildman–Crippen MR) is 90.8 cm³/mol. The topological polar surface area (TPSA) is 38.1 Å². The minimum Gasteiger partial charge on any atom is -0.337 e. The highest BCUT2D eigenvalue weighted by atomic mass is 35.5. The summed E-state index contributed by atoms with van der Waals surface area (Å²) in [4.78, 5) is 13.8. The van der Waals surface area contributed by atoms with E-state index in [1.165, 1.54) is 17.0 Å². The molecule has 4 nitrogen and oxygen atoms in total. The van der Waals surface area contributed by atoms with Crippen LogP contribution in [0.2, 0.25) is 5.02 Å². The zero-order valence-corrected chi connectivity index (χ0v) is 13.7. The molecule has 0 aliphatic heterocycles. The molecule has 0 saturated heterocycles. The molecule has 24 heavy (non-hydrogen) atoms. The van der Waals surface area contributed by atoms with Crippen molar-refractivity contribution in [1.82, 2.24) is 14.7 Å². The van der Waals surface area contributed by atoms with Crippen LogP contribution in [0.4, 0.5) is 4.39 Å². The fourth-order valence-corrected chi connectivity index (χ4v) is 2.54. The van der Waals surface area contributed by atoms with E-state index in [0.29, 0.717) is 6.54 Å². The number of para-hydroxylation sites is 1. The Balaban J connectivity index is 1.74. The van der Waals surface area contributed by atoms with E-state index in [2.05, 4.69) is 5.10 Å². The first-order valence-electron chi connectivity index (χ1n) is 7.34. The molecule has 0 spiro atoms. The van der Waals surface area contributed by atoms with Crippen molar-refractivity contribution in [2.24, 2.45) is 0 Å². The van der Waals surface area contributed by atoms with Crippen molar-refractivity contribution in [1.29, 1.82) is 0 Å². The van der Waals surface area contributed by atoms with Gasteiger partial charge in [0.15, 0.2) is 0 Å². The van der Waals surface area contributed by atoms with Gasteiger partial charge in [0.1, 0.15) is 5.82 Å². The fraction of sp³-hybridized carbons (Fsp3) is 0.111. The second-order valence-corrected chi connectivity index (χ2v) is 5.85. The number of carbonyl (C=O) groups is 1. The summed E-state index contributed by atoms with van der Waals surface area (Å²) >= 11 is 5.72. The summed E-state index contributed by atoms with van der Waals surface area (Å²) in [7, 11) is 1.62. The number of rotatable bonds is 4. The van der Waals surface area contributed by atoms with Gasteiger partial charge in [-0.05, 0) is 30.3 Å². The minimum absolute atomic E-state index is 0.00245. The molecule has 0 bridgehead atoms. The Labute approximate surface area is 144 Å². The van der Waals surface area contributed by atoms with Crippen LogP contribution in [-0.2, 0) is 6.54 Å². The van der Waals surface area contributed by atoms with Gasteiger partial charge in [0.2, 0.25) is 0 Å². The van der Waals surface area contributed by atoms with E-state index in [1.54, 1.807) is 17.9 Å². The van der Waals surface area contributed by atoms with Crippen LogP contribution < -0.4 is 0 Å². The highest BCUT2D eigenvalue weighted by Crippen LogP contribution is 2.17. The summed E-state index contributed by atoms with van der Waals surface area (Å²) < 4.78 is 15.6. The summed E-state index contributed by atoms with van der Waals surface area (Å²) in [6, 6.07) is 13.7. The van der Waals surface area contributed by atoms with E-state index in [4.69, 9.17) is 11.6 Å². The third kappa shape index (κ3) is 3.46. The van der Waals surface area contributed by atoms with E-state index in [0.717, 1.165) is 17.3 Å². The first-order chi connectivity index (χ1) is 11.5. The summed E-state index contributed by atoms with van der Waals surface area (Å²) in [5.41, 5.74) is 1.78. The second kappa shape index (κ2) is 6.84. The molecule has 0 aliphatic rings. The van der Waals surface area contributed by atoms with Gasteiger partial charge in [-0.15, -0.1) is 0 Å². The Kier molecular flexibility index (Phi) is 4.62. The van der Waals surface area contributed by atoms with Gasteiger partial charge >= 0.3 is 0 Å². The maximum Gasteiger partial charge on any atom is 0.256 e. The molecule has 2 aromatic carbocycles. The molecule has 3 aromatic rings. The van der Waals surface area contributed by atoms with Crippen molar-refractivity contribution in [3.63, 3.8) is 0 Å². The Morgan fingerprint density at radius 2 is 2.00 bits per heavy atom. The van der Waals surface area contributed by atoms with Crippen LogP contribution in [0, 0.1) is 5.82 Å². The number of aromatic nitrogens is 2. The first kappa shape index (κ1) is 16.2. The smallest absolute Gasteiger partial charge is 0.256 e. The highest BCUT2D eigenvalue weighted by molar-refractivity contribution is 6.30. The molecule has 1 aromatic heterocycles. The maximum atomic E-state index is 13.9. The van der Waals surface area contributed by atoms with Gasteiger partial charge in [-0.1, -0.05) is 29.8 Å². The van der Waals surface area contributed by atoms with E-state index in [9.17, 15) is 9.18 Å².